The van der Waals surface area contributed by atoms with Gasteiger partial charge in [-0.1, -0.05) is 30.3 Å². The molecule has 1 amide bonds. The van der Waals surface area contributed by atoms with Gasteiger partial charge >= 0.3 is 0 Å². The number of nitrogens with zero attached hydrogens (tertiary/aromatic N) is 3. The first-order valence-electron chi connectivity index (χ1n) is 9.76. The summed E-state index contributed by atoms with van der Waals surface area (Å²) in [5.74, 6) is 0.367. The number of nitrogens with one attached hydrogen (secondary N) is 1. The molecule has 3 aliphatic rings. The summed E-state index contributed by atoms with van der Waals surface area (Å²) in [6.45, 7) is 5.18. The fraction of sp³-hybridized carbons (Fsp3) is 0.409. The molecule has 3 fully saturated rings. The van der Waals surface area contributed by atoms with Gasteiger partial charge in [-0.25, -0.2) is 0 Å². The molecule has 2 aromatic rings. The van der Waals surface area contributed by atoms with Gasteiger partial charge in [0.15, 0.2) is 0 Å². The van der Waals surface area contributed by atoms with Gasteiger partial charge in [0.05, 0.1) is 5.56 Å². The number of fused-ring (bicyclic) bond motifs is 4. The number of hydrogen-bond donors (Lipinski definition) is 1. The Morgan fingerprint density at radius 2 is 2.00 bits per heavy atom. The Balaban J connectivity index is 1.56. The molecule has 5 rings (SSSR count). The number of benzene rings is 1. The standard InChI is InChI=1S/C22H24N4O2/c1-15-20(9-18(10-23)21(27)24-15)22(28)26-13-17-7-8-19(26)14-25(12-17)11-16-5-3-2-4-6-16/h2-6,9,17,19H,7-8,11-14H2,1H3,(H,24,27)/t17-,19+/m0/s1. The number of carbonyl (C=O) groups excluding carboxylic acids is 1. The highest BCUT2D eigenvalue weighted by atomic mass is 16.2. The Kier molecular flexibility index (Phi) is 5.01. The van der Waals surface area contributed by atoms with E-state index < -0.39 is 5.56 Å². The third-order valence-corrected chi connectivity index (χ3v) is 5.89. The summed E-state index contributed by atoms with van der Waals surface area (Å²) in [5, 5.41) is 9.15. The summed E-state index contributed by atoms with van der Waals surface area (Å²) >= 11 is 0. The van der Waals surface area contributed by atoms with Crippen molar-refractivity contribution in [1.82, 2.24) is 14.8 Å². The molecule has 0 aliphatic carbocycles. The number of nitriles is 1. The molecule has 2 atom stereocenters. The zero-order chi connectivity index (χ0) is 19.7. The number of pyridine rings is 1. The number of hydrogen-bond acceptors (Lipinski definition) is 4. The van der Waals surface area contributed by atoms with E-state index in [-0.39, 0.29) is 17.5 Å². The molecule has 3 aliphatic heterocycles. The third-order valence-electron chi connectivity index (χ3n) is 5.89. The van der Waals surface area contributed by atoms with E-state index >= 15 is 0 Å². The smallest absolute Gasteiger partial charge is 0.266 e. The number of carbonyl (C=O) groups is 1. The van der Waals surface area contributed by atoms with Crippen LogP contribution in [0.5, 0.6) is 0 Å². The molecule has 0 unspecified atom stereocenters. The van der Waals surface area contributed by atoms with Crippen LogP contribution in [0.3, 0.4) is 0 Å². The van der Waals surface area contributed by atoms with Crippen LogP contribution < -0.4 is 5.56 Å². The molecule has 1 aromatic heterocycles. The molecule has 28 heavy (non-hydrogen) atoms. The van der Waals surface area contributed by atoms with Crippen LogP contribution in [0.4, 0.5) is 0 Å². The van der Waals surface area contributed by atoms with Gasteiger partial charge in [0, 0.05) is 37.9 Å². The molecular weight excluding hydrogens is 352 g/mol. The Labute approximate surface area is 164 Å². The van der Waals surface area contributed by atoms with Crippen molar-refractivity contribution in [3.8, 4) is 6.07 Å². The molecular formula is C22H24N4O2. The van der Waals surface area contributed by atoms with Crippen molar-refractivity contribution in [1.29, 1.82) is 5.26 Å². The van der Waals surface area contributed by atoms with Gasteiger partial charge in [0.2, 0.25) is 0 Å². The van der Waals surface area contributed by atoms with Gasteiger partial charge in [0.1, 0.15) is 11.6 Å². The predicted molar refractivity (Wildman–Crippen MR) is 106 cm³/mol. The Morgan fingerprint density at radius 3 is 2.75 bits per heavy atom. The number of rotatable bonds is 3. The second-order valence-electron chi connectivity index (χ2n) is 7.90. The maximum atomic E-state index is 13.3. The lowest BCUT2D eigenvalue weighted by molar-refractivity contribution is 0.0583. The van der Waals surface area contributed by atoms with Crippen molar-refractivity contribution in [3.63, 3.8) is 0 Å². The van der Waals surface area contributed by atoms with E-state index in [0.29, 0.717) is 17.2 Å². The lowest BCUT2D eigenvalue weighted by atomic mass is 9.94. The number of piperidine rings is 1. The van der Waals surface area contributed by atoms with Crippen LogP contribution in [0.15, 0.2) is 41.2 Å². The highest BCUT2D eigenvalue weighted by Crippen LogP contribution is 2.30. The van der Waals surface area contributed by atoms with Crippen molar-refractivity contribution in [2.75, 3.05) is 19.6 Å². The minimum atomic E-state index is -0.442. The number of aromatic nitrogens is 1. The first-order chi connectivity index (χ1) is 13.5. The predicted octanol–water partition coefficient (Wildman–Crippen LogP) is 2.29. The summed E-state index contributed by atoms with van der Waals surface area (Å²) in [6, 6.07) is 13.9. The largest absolute Gasteiger partial charge is 0.334 e. The maximum Gasteiger partial charge on any atom is 0.266 e. The van der Waals surface area contributed by atoms with E-state index in [2.05, 4.69) is 34.1 Å². The quantitative estimate of drug-likeness (QED) is 0.891. The minimum absolute atomic E-state index is 0.0142. The monoisotopic (exact) mass is 376 g/mol. The van der Waals surface area contributed by atoms with E-state index in [0.717, 1.165) is 39.0 Å². The third kappa shape index (κ3) is 3.58. The Morgan fingerprint density at radius 1 is 1.21 bits per heavy atom. The maximum absolute atomic E-state index is 13.3. The number of aryl methyl sites for hydroxylation is 1. The fourth-order valence-electron chi connectivity index (χ4n) is 4.48. The highest BCUT2D eigenvalue weighted by Gasteiger charge is 2.37. The second kappa shape index (κ2) is 7.61. The SMILES string of the molecule is Cc1[nH]c(=O)c(C#N)cc1C(=O)N1C[C@H]2CC[C@@H]1CN(Cc1ccccc1)C2. The van der Waals surface area contributed by atoms with Crippen LogP contribution >= 0.6 is 0 Å². The molecule has 0 saturated carbocycles. The van der Waals surface area contributed by atoms with Crippen LogP contribution in [0, 0.1) is 24.2 Å². The van der Waals surface area contributed by atoms with Crippen LogP contribution in [0.2, 0.25) is 0 Å². The lowest BCUT2D eigenvalue weighted by Gasteiger charge is -2.36. The number of H-pyrrole nitrogens is 1. The number of amides is 1. The Bertz CT molecular complexity index is 976. The average Bonchev–Trinajstić information content (AvgIpc) is 2.99. The summed E-state index contributed by atoms with van der Waals surface area (Å²) in [6.07, 6.45) is 2.13. The Hall–Kier alpha value is -2.91. The fourth-order valence-corrected chi connectivity index (χ4v) is 4.48. The normalized spacial score (nSPS) is 21.9. The first-order valence-corrected chi connectivity index (χ1v) is 9.76. The zero-order valence-corrected chi connectivity index (χ0v) is 16.0. The minimum Gasteiger partial charge on any atom is -0.334 e. The summed E-state index contributed by atoms with van der Waals surface area (Å²) in [4.78, 5) is 32.1. The second-order valence-corrected chi connectivity index (χ2v) is 7.90. The lowest BCUT2D eigenvalue weighted by Crippen LogP contribution is -2.47. The van der Waals surface area contributed by atoms with Gasteiger partial charge in [-0.05, 0) is 37.3 Å². The molecule has 6 heteroatoms. The van der Waals surface area contributed by atoms with Gasteiger partial charge in [-0.2, -0.15) is 5.26 Å². The molecule has 0 radical (unpaired) electrons. The van der Waals surface area contributed by atoms with Gasteiger partial charge in [0.25, 0.3) is 11.5 Å². The molecule has 0 spiro atoms. The summed E-state index contributed by atoms with van der Waals surface area (Å²) in [7, 11) is 0. The van der Waals surface area contributed by atoms with Gasteiger partial charge in [-0.15, -0.1) is 0 Å². The number of aromatic amines is 1. The summed E-state index contributed by atoms with van der Waals surface area (Å²) < 4.78 is 0. The van der Waals surface area contributed by atoms with Gasteiger partial charge in [-0.3, -0.25) is 14.5 Å². The molecule has 1 aromatic carbocycles. The van der Waals surface area contributed by atoms with Crippen LogP contribution in [0.25, 0.3) is 0 Å². The molecule has 4 heterocycles. The first kappa shape index (κ1) is 18.5. The van der Waals surface area contributed by atoms with E-state index in [1.165, 1.54) is 11.6 Å². The van der Waals surface area contributed by atoms with E-state index in [1.807, 2.05) is 17.0 Å². The van der Waals surface area contributed by atoms with Crippen molar-refractivity contribution in [3.05, 3.63) is 69.1 Å². The molecule has 144 valence electrons. The van der Waals surface area contributed by atoms with E-state index in [4.69, 9.17) is 5.26 Å². The van der Waals surface area contributed by atoms with E-state index in [1.54, 1.807) is 6.92 Å². The topological polar surface area (TPSA) is 80.2 Å². The molecule has 6 nitrogen and oxygen atoms in total. The van der Waals surface area contributed by atoms with Crippen molar-refractivity contribution < 1.29 is 4.79 Å². The molecule has 1 N–H and O–H groups in total. The van der Waals surface area contributed by atoms with Crippen LogP contribution in [-0.2, 0) is 6.54 Å². The van der Waals surface area contributed by atoms with Crippen molar-refractivity contribution >= 4 is 5.91 Å². The van der Waals surface area contributed by atoms with Crippen molar-refractivity contribution in [2.45, 2.75) is 32.4 Å². The van der Waals surface area contributed by atoms with Gasteiger partial charge < -0.3 is 9.88 Å². The van der Waals surface area contributed by atoms with Crippen LogP contribution in [-0.4, -0.2) is 46.4 Å². The molecule has 2 bridgehead atoms. The summed E-state index contributed by atoms with van der Waals surface area (Å²) in [5.41, 5.74) is 1.79. The average molecular weight is 376 g/mol. The van der Waals surface area contributed by atoms with Crippen molar-refractivity contribution in [2.24, 2.45) is 5.92 Å². The van der Waals surface area contributed by atoms with Crippen LogP contribution in [0.1, 0.15) is 40.0 Å². The highest BCUT2D eigenvalue weighted by molar-refractivity contribution is 5.95. The zero-order valence-electron chi connectivity index (χ0n) is 16.0. The molecule has 3 saturated heterocycles. The van der Waals surface area contributed by atoms with E-state index in [9.17, 15) is 9.59 Å².